The van der Waals surface area contributed by atoms with Gasteiger partial charge in [0.15, 0.2) is 5.25 Å². The van der Waals surface area contributed by atoms with E-state index in [9.17, 15) is 8.42 Å². The quantitative estimate of drug-likeness (QED) is 0.933. The van der Waals surface area contributed by atoms with Crippen molar-refractivity contribution in [3.05, 3.63) is 40.9 Å². The number of halogens is 1. The Kier molecular flexibility index (Phi) is 3.78. The predicted octanol–water partition coefficient (Wildman–Crippen LogP) is 3.26. The molecule has 4 nitrogen and oxygen atoms in total. The maximum atomic E-state index is 11.8. The summed E-state index contributed by atoms with van der Waals surface area (Å²) in [5.41, 5.74) is 0.455. The lowest BCUT2D eigenvalue weighted by Crippen LogP contribution is -2.23. The fourth-order valence-electron chi connectivity index (χ4n) is 1.60. The summed E-state index contributed by atoms with van der Waals surface area (Å²) in [5.74, 6) is 0. The molecule has 0 saturated carbocycles. The van der Waals surface area contributed by atoms with Gasteiger partial charge < -0.3 is 0 Å². The molecule has 0 heterocycles. The third kappa shape index (κ3) is 3.06. The van der Waals surface area contributed by atoms with Crippen LogP contribution in [0.3, 0.4) is 0 Å². The number of nitriles is 1. The molecule has 2 aromatic carbocycles. The van der Waals surface area contributed by atoms with Crippen LogP contribution in [0.25, 0.3) is 10.8 Å². The van der Waals surface area contributed by atoms with Crippen LogP contribution < -0.4 is 4.72 Å². The first-order chi connectivity index (χ1) is 8.92. The van der Waals surface area contributed by atoms with Crippen LogP contribution in [0.2, 0.25) is 0 Å². The summed E-state index contributed by atoms with van der Waals surface area (Å²) in [5, 5.41) is 9.52. The number of nitrogens with zero attached hydrogens (tertiary/aromatic N) is 1. The smallest absolute Gasteiger partial charge is 0.248 e. The number of hydrogen-bond donors (Lipinski definition) is 1. The molecule has 98 valence electrons. The Labute approximate surface area is 120 Å². The molecule has 0 aliphatic rings. The molecule has 1 atom stereocenters. The number of anilines is 1. The van der Waals surface area contributed by atoms with Crippen molar-refractivity contribution in [1.29, 1.82) is 5.26 Å². The maximum absolute atomic E-state index is 11.8. The van der Waals surface area contributed by atoms with Crippen LogP contribution in [-0.4, -0.2) is 13.7 Å². The van der Waals surface area contributed by atoms with Gasteiger partial charge in [0, 0.05) is 10.2 Å². The second kappa shape index (κ2) is 5.19. The van der Waals surface area contributed by atoms with Crippen LogP contribution >= 0.6 is 15.9 Å². The van der Waals surface area contributed by atoms with Crippen molar-refractivity contribution in [3.8, 4) is 6.07 Å². The Bertz CT molecular complexity index is 766. The van der Waals surface area contributed by atoms with E-state index in [2.05, 4.69) is 20.7 Å². The molecular formula is C13H11BrN2O2S. The van der Waals surface area contributed by atoms with Gasteiger partial charge in [-0.15, -0.1) is 0 Å². The minimum Gasteiger partial charge on any atom is -0.282 e. The summed E-state index contributed by atoms with van der Waals surface area (Å²) in [4.78, 5) is 0. The Morgan fingerprint density at radius 2 is 1.84 bits per heavy atom. The molecule has 0 amide bonds. The number of benzene rings is 2. The standard InChI is InChI=1S/C13H11BrN2O2S/c1-9(8-15)19(17,18)16-13-5-3-10-6-12(14)4-2-11(10)7-13/h2-7,9,16H,1H3. The topological polar surface area (TPSA) is 70.0 Å². The summed E-state index contributed by atoms with van der Waals surface area (Å²) in [6.07, 6.45) is 0. The van der Waals surface area contributed by atoms with Crippen LogP contribution in [-0.2, 0) is 10.0 Å². The molecule has 1 N–H and O–H groups in total. The van der Waals surface area contributed by atoms with Gasteiger partial charge in [0.2, 0.25) is 10.0 Å². The minimum absolute atomic E-state index is 0.455. The fraction of sp³-hybridized carbons (Fsp3) is 0.154. The third-order valence-corrected chi connectivity index (χ3v) is 4.76. The zero-order valence-electron chi connectivity index (χ0n) is 10.1. The molecule has 0 bridgehead atoms. The highest BCUT2D eigenvalue weighted by Crippen LogP contribution is 2.23. The van der Waals surface area contributed by atoms with Gasteiger partial charge in [-0.05, 0) is 42.0 Å². The average Bonchev–Trinajstić information content (AvgIpc) is 2.37. The highest BCUT2D eigenvalue weighted by molar-refractivity contribution is 9.10. The first-order valence-corrected chi connectivity index (χ1v) is 7.87. The van der Waals surface area contributed by atoms with E-state index in [1.807, 2.05) is 24.3 Å². The third-order valence-electron chi connectivity index (χ3n) is 2.71. The highest BCUT2D eigenvalue weighted by Gasteiger charge is 2.19. The minimum atomic E-state index is -3.66. The summed E-state index contributed by atoms with van der Waals surface area (Å²) in [7, 11) is -3.66. The summed E-state index contributed by atoms with van der Waals surface area (Å²) >= 11 is 3.38. The molecule has 2 rings (SSSR count). The van der Waals surface area contributed by atoms with Gasteiger partial charge >= 0.3 is 0 Å². The van der Waals surface area contributed by atoms with Crippen molar-refractivity contribution in [3.63, 3.8) is 0 Å². The van der Waals surface area contributed by atoms with E-state index in [0.717, 1.165) is 15.2 Å². The monoisotopic (exact) mass is 338 g/mol. The van der Waals surface area contributed by atoms with E-state index in [1.165, 1.54) is 6.92 Å². The summed E-state index contributed by atoms with van der Waals surface area (Å²) in [6.45, 7) is 1.35. The lowest BCUT2D eigenvalue weighted by Gasteiger charge is -2.10. The molecule has 19 heavy (non-hydrogen) atoms. The second-order valence-corrected chi connectivity index (χ2v) is 7.04. The number of fused-ring (bicyclic) bond motifs is 1. The molecule has 0 fully saturated rings. The van der Waals surface area contributed by atoms with E-state index < -0.39 is 15.3 Å². The molecular weight excluding hydrogens is 328 g/mol. The van der Waals surface area contributed by atoms with E-state index in [0.29, 0.717) is 5.69 Å². The predicted molar refractivity (Wildman–Crippen MR) is 79.3 cm³/mol. The van der Waals surface area contributed by atoms with E-state index in [-0.39, 0.29) is 0 Å². The molecule has 0 spiro atoms. The van der Waals surface area contributed by atoms with Crippen molar-refractivity contribution in [2.45, 2.75) is 12.2 Å². The Morgan fingerprint density at radius 3 is 2.53 bits per heavy atom. The Morgan fingerprint density at radius 1 is 1.21 bits per heavy atom. The SMILES string of the molecule is CC(C#N)S(=O)(=O)Nc1ccc2cc(Br)ccc2c1. The highest BCUT2D eigenvalue weighted by atomic mass is 79.9. The van der Waals surface area contributed by atoms with E-state index >= 15 is 0 Å². The maximum Gasteiger partial charge on any atom is 0.248 e. The van der Waals surface area contributed by atoms with Gasteiger partial charge in [0.25, 0.3) is 0 Å². The summed E-state index contributed by atoms with van der Waals surface area (Å²) < 4.78 is 26.9. The van der Waals surface area contributed by atoms with E-state index in [4.69, 9.17) is 5.26 Å². The molecule has 6 heteroatoms. The van der Waals surface area contributed by atoms with Crippen molar-refractivity contribution in [2.24, 2.45) is 0 Å². The number of rotatable bonds is 3. The first kappa shape index (κ1) is 13.8. The van der Waals surface area contributed by atoms with Gasteiger partial charge in [0.1, 0.15) is 0 Å². The molecule has 0 aliphatic heterocycles. The van der Waals surface area contributed by atoms with E-state index in [1.54, 1.807) is 18.2 Å². The molecule has 0 radical (unpaired) electrons. The van der Waals surface area contributed by atoms with Crippen molar-refractivity contribution < 1.29 is 8.42 Å². The fourth-order valence-corrected chi connectivity index (χ4v) is 2.75. The zero-order valence-corrected chi connectivity index (χ0v) is 12.5. The Balaban J connectivity index is 2.38. The van der Waals surface area contributed by atoms with Gasteiger partial charge in [-0.3, -0.25) is 4.72 Å². The molecule has 0 aliphatic carbocycles. The number of hydrogen-bond acceptors (Lipinski definition) is 3. The Hall–Kier alpha value is -1.58. The van der Waals surface area contributed by atoms with Crippen molar-refractivity contribution in [2.75, 3.05) is 4.72 Å². The number of nitrogens with one attached hydrogen (secondary N) is 1. The second-order valence-electron chi connectivity index (χ2n) is 4.12. The van der Waals surface area contributed by atoms with Gasteiger partial charge in [-0.2, -0.15) is 5.26 Å². The normalized spacial score (nSPS) is 12.9. The molecule has 0 aromatic heterocycles. The largest absolute Gasteiger partial charge is 0.282 e. The lowest BCUT2D eigenvalue weighted by atomic mass is 10.1. The van der Waals surface area contributed by atoms with Crippen molar-refractivity contribution in [1.82, 2.24) is 0 Å². The van der Waals surface area contributed by atoms with Crippen molar-refractivity contribution >= 4 is 42.4 Å². The van der Waals surface area contributed by atoms with Gasteiger partial charge in [-0.1, -0.05) is 28.1 Å². The van der Waals surface area contributed by atoms with Crippen LogP contribution in [0, 0.1) is 11.3 Å². The van der Waals surface area contributed by atoms with Gasteiger partial charge in [-0.25, -0.2) is 8.42 Å². The molecule has 2 aromatic rings. The van der Waals surface area contributed by atoms with Gasteiger partial charge in [0.05, 0.1) is 6.07 Å². The lowest BCUT2D eigenvalue weighted by molar-refractivity contribution is 0.597. The van der Waals surface area contributed by atoms with Crippen LogP contribution in [0.15, 0.2) is 40.9 Å². The summed E-state index contributed by atoms with van der Waals surface area (Å²) in [6, 6.07) is 12.7. The van der Waals surface area contributed by atoms with Crippen LogP contribution in [0.1, 0.15) is 6.92 Å². The van der Waals surface area contributed by atoms with Crippen LogP contribution in [0.4, 0.5) is 5.69 Å². The molecule has 1 unspecified atom stereocenters. The molecule has 0 saturated heterocycles. The first-order valence-electron chi connectivity index (χ1n) is 5.53. The van der Waals surface area contributed by atoms with Crippen LogP contribution in [0.5, 0.6) is 0 Å². The average molecular weight is 339 g/mol. The zero-order chi connectivity index (χ0) is 14.0. The number of sulfonamides is 1.